The number of aliphatic hydroxyl groups excluding tert-OH is 1. The van der Waals surface area contributed by atoms with Crippen LogP contribution in [0.4, 0.5) is 17.6 Å². The minimum atomic E-state index is -4.52. The first-order valence-corrected chi connectivity index (χ1v) is 7.96. The van der Waals surface area contributed by atoms with Crippen molar-refractivity contribution in [3.05, 3.63) is 65.2 Å². The van der Waals surface area contributed by atoms with E-state index in [1.54, 1.807) is 23.5 Å². The number of alkyl halides is 3. The van der Waals surface area contributed by atoms with E-state index in [9.17, 15) is 27.5 Å². The first-order chi connectivity index (χ1) is 12.3. The molecule has 0 spiro atoms. The number of nitrogens with zero attached hydrogens (tertiary/aromatic N) is 1. The number of hydrogen-bond acceptors (Lipinski definition) is 3. The first kappa shape index (κ1) is 19.8. The van der Waals surface area contributed by atoms with Gasteiger partial charge in [-0.25, -0.2) is 4.39 Å². The van der Waals surface area contributed by atoms with Crippen molar-refractivity contribution in [2.75, 3.05) is 6.54 Å². The van der Waals surface area contributed by atoms with Crippen molar-refractivity contribution in [3.8, 4) is 0 Å². The lowest BCUT2D eigenvalue weighted by Gasteiger charge is -2.14. The van der Waals surface area contributed by atoms with Crippen LogP contribution >= 0.6 is 0 Å². The monoisotopic (exact) mass is 370 g/mol. The van der Waals surface area contributed by atoms with Gasteiger partial charge in [-0.3, -0.25) is 9.78 Å². The summed E-state index contributed by atoms with van der Waals surface area (Å²) in [5.74, 6) is -1.28. The third-order valence-electron chi connectivity index (χ3n) is 3.72. The molecule has 1 aromatic heterocycles. The smallest absolute Gasteiger partial charge is 0.393 e. The molecule has 1 aromatic carbocycles. The summed E-state index contributed by atoms with van der Waals surface area (Å²) in [6.45, 7) is -1.45. The third kappa shape index (κ3) is 6.11. The van der Waals surface area contributed by atoms with Crippen molar-refractivity contribution < 1.29 is 27.5 Å². The molecule has 0 radical (unpaired) electrons. The van der Waals surface area contributed by atoms with Crippen molar-refractivity contribution in [1.29, 1.82) is 0 Å². The van der Waals surface area contributed by atoms with Crippen LogP contribution in [0, 0.1) is 5.82 Å². The molecule has 26 heavy (non-hydrogen) atoms. The zero-order valence-corrected chi connectivity index (χ0v) is 13.8. The van der Waals surface area contributed by atoms with Crippen LogP contribution in [0.5, 0.6) is 0 Å². The van der Waals surface area contributed by atoms with E-state index >= 15 is 0 Å². The van der Waals surface area contributed by atoms with Gasteiger partial charge in [-0.1, -0.05) is 18.2 Å². The molecule has 0 aliphatic heterocycles. The topological polar surface area (TPSA) is 62.2 Å². The zero-order valence-electron chi connectivity index (χ0n) is 13.8. The molecule has 4 nitrogen and oxygen atoms in total. The highest BCUT2D eigenvalue weighted by Crippen LogP contribution is 2.16. The predicted octanol–water partition coefficient (Wildman–Crippen LogP) is 3.05. The molecule has 2 rings (SSSR count). The van der Waals surface area contributed by atoms with E-state index in [1.807, 2.05) is 0 Å². The minimum Gasteiger partial charge on any atom is -0.393 e. The summed E-state index contributed by atoms with van der Waals surface area (Å²) < 4.78 is 50.3. The van der Waals surface area contributed by atoms with Crippen LogP contribution in [0.15, 0.2) is 42.6 Å². The standard InChI is InChI=1S/C18H18F4N2O2/c19-15-6-2-1-4-12(15)7-8-13(25)10-16-14(5-3-9-23-16)17(26)24-11-18(20,21)22/h1-6,9,13,25H,7-8,10-11H2,(H,24,26). The molecule has 0 fully saturated rings. The highest BCUT2D eigenvalue weighted by Gasteiger charge is 2.28. The number of aliphatic hydroxyl groups is 1. The summed E-state index contributed by atoms with van der Waals surface area (Å²) in [4.78, 5) is 15.9. The van der Waals surface area contributed by atoms with Crippen LogP contribution in [0.3, 0.4) is 0 Å². The van der Waals surface area contributed by atoms with Gasteiger partial charge in [0.15, 0.2) is 0 Å². The Morgan fingerprint density at radius 2 is 1.92 bits per heavy atom. The molecule has 1 heterocycles. The fourth-order valence-corrected chi connectivity index (χ4v) is 2.43. The lowest BCUT2D eigenvalue weighted by molar-refractivity contribution is -0.123. The molecule has 0 saturated heterocycles. The van der Waals surface area contributed by atoms with Gasteiger partial charge in [-0.15, -0.1) is 0 Å². The number of halogens is 4. The molecular formula is C18H18F4N2O2. The van der Waals surface area contributed by atoms with Crippen molar-refractivity contribution in [2.45, 2.75) is 31.5 Å². The molecule has 1 amide bonds. The fourth-order valence-electron chi connectivity index (χ4n) is 2.43. The third-order valence-corrected chi connectivity index (χ3v) is 3.72. The molecular weight excluding hydrogens is 352 g/mol. The Labute approximate surface area is 147 Å². The number of hydrogen-bond donors (Lipinski definition) is 2. The molecule has 1 unspecified atom stereocenters. The maximum absolute atomic E-state index is 13.6. The van der Waals surface area contributed by atoms with Crippen LogP contribution < -0.4 is 5.32 Å². The first-order valence-electron chi connectivity index (χ1n) is 7.96. The number of nitrogens with one attached hydrogen (secondary N) is 1. The molecule has 2 aromatic rings. The Morgan fingerprint density at radius 1 is 1.19 bits per heavy atom. The van der Waals surface area contributed by atoms with Gasteiger partial charge in [0.25, 0.3) is 5.91 Å². The molecule has 0 aliphatic rings. The second-order valence-corrected chi connectivity index (χ2v) is 5.78. The van der Waals surface area contributed by atoms with Crippen molar-refractivity contribution in [2.24, 2.45) is 0 Å². The molecule has 0 bridgehead atoms. The van der Waals surface area contributed by atoms with E-state index < -0.39 is 24.7 Å². The summed E-state index contributed by atoms with van der Waals surface area (Å²) in [7, 11) is 0. The van der Waals surface area contributed by atoms with Crippen molar-refractivity contribution in [1.82, 2.24) is 10.3 Å². The number of amides is 1. The Hall–Kier alpha value is -2.48. The summed E-state index contributed by atoms with van der Waals surface area (Å²) >= 11 is 0. The second-order valence-electron chi connectivity index (χ2n) is 5.78. The van der Waals surface area contributed by atoms with E-state index in [0.717, 1.165) is 0 Å². The van der Waals surface area contributed by atoms with Crippen molar-refractivity contribution in [3.63, 3.8) is 0 Å². The molecule has 2 N–H and O–H groups in total. The van der Waals surface area contributed by atoms with Gasteiger partial charge in [0, 0.05) is 12.6 Å². The van der Waals surface area contributed by atoms with Gasteiger partial charge in [0.1, 0.15) is 12.4 Å². The predicted molar refractivity (Wildman–Crippen MR) is 87.1 cm³/mol. The van der Waals surface area contributed by atoms with Gasteiger partial charge >= 0.3 is 6.18 Å². The van der Waals surface area contributed by atoms with Crippen LogP contribution in [0.25, 0.3) is 0 Å². The zero-order chi connectivity index (χ0) is 19.2. The molecule has 140 valence electrons. The highest BCUT2D eigenvalue weighted by atomic mass is 19.4. The number of pyridine rings is 1. The number of rotatable bonds is 7. The van der Waals surface area contributed by atoms with E-state index in [2.05, 4.69) is 4.98 Å². The Morgan fingerprint density at radius 3 is 2.62 bits per heavy atom. The molecule has 1 atom stereocenters. The maximum atomic E-state index is 13.6. The van der Waals surface area contributed by atoms with E-state index in [-0.39, 0.29) is 36.3 Å². The second kappa shape index (κ2) is 8.75. The average Bonchev–Trinajstić information content (AvgIpc) is 2.59. The maximum Gasteiger partial charge on any atom is 0.405 e. The van der Waals surface area contributed by atoms with Crippen LogP contribution in [0.2, 0.25) is 0 Å². The number of aromatic nitrogens is 1. The Kier molecular flexibility index (Phi) is 6.68. The van der Waals surface area contributed by atoms with E-state index in [1.165, 1.54) is 24.4 Å². The van der Waals surface area contributed by atoms with E-state index in [4.69, 9.17) is 0 Å². The summed E-state index contributed by atoms with van der Waals surface area (Å²) in [5, 5.41) is 11.9. The van der Waals surface area contributed by atoms with Crippen LogP contribution in [0.1, 0.15) is 28.0 Å². The quantitative estimate of drug-likeness (QED) is 0.737. The summed E-state index contributed by atoms with van der Waals surface area (Å²) in [5.41, 5.74) is 0.616. The lowest BCUT2D eigenvalue weighted by Crippen LogP contribution is -2.34. The Bertz CT molecular complexity index is 750. The fraction of sp³-hybridized carbons (Fsp3) is 0.333. The molecule has 8 heteroatoms. The summed E-state index contributed by atoms with van der Waals surface area (Å²) in [6, 6.07) is 8.96. The van der Waals surface area contributed by atoms with Gasteiger partial charge in [-0.05, 0) is 36.6 Å². The highest BCUT2D eigenvalue weighted by molar-refractivity contribution is 5.95. The minimum absolute atomic E-state index is 0.0237. The number of carbonyl (C=O) groups excluding carboxylic acids is 1. The normalized spacial score (nSPS) is 12.7. The lowest BCUT2D eigenvalue weighted by atomic mass is 10.0. The van der Waals surface area contributed by atoms with Gasteiger partial charge < -0.3 is 10.4 Å². The number of carbonyl (C=O) groups is 1. The van der Waals surface area contributed by atoms with Gasteiger partial charge in [-0.2, -0.15) is 13.2 Å². The van der Waals surface area contributed by atoms with Crippen LogP contribution in [-0.2, 0) is 12.8 Å². The number of aryl methyl sites for hydroxylation is 1. The Balaban J connectivity index is 1.98. The summed E-state index contributed by atoms with van der Waals surface area (Å²) in [6.07, 6.45) is -3.56. The van der Waals surface area contributed by atoms with E-state index in [0.29, 0.717) is 5.56 Å². The number of benzene rings is 1. The molecule has 0 aliphatic carbocycles. The largest absolute Gasteiger partial charge is 0.405 e. The SMILES string of the molecule is O=C(NCC(F)(F)F)c1cccnc1CC(O)CCc1ccccc1F. The average molecular weight is 370 g/mol. The molecule has 0 saturated carbocycles. The van der Waals surface area contributed by atoms with Gasteiger partial charge in [0.2, 0.25) is 0 Å². The van der Waals surface area contributed by atoms with Gasteiger partial charge in [0.05, 0.1) is 17.4 Å². The van der Waals surface area contributed by atoms with Crippen LogP contribution in [-0.4, -0.2) is 34.8 Å². The van der Waals surface area contributed by atoms with Crippen molar-refractivity contribution >= 4 is 5.91 Å².